The summed E-state index contributed by atoms with van der Waals surface area (Å²) >= 11 is 3.20. The van der Waals surface area contributed by atoms with E-state index in [1.165, 1.54) is 4.68 Å². The Bertz CT molecular complexity index is 265. The van der Waals surface area contributed by atoms with Crippen LogP contribution >= 0.6 is 15.9 Å². The first-order chi connectivity index (χ1) is 5.66. The van der Waals surface area contributed by atoms with Gasteiger partial charge in [-0.15, -0.1) is 11.7 Å². The van der Waals surface area contributed by atoms with Gasteiger partial charge in [0.25, 0.3) is 0 Å². The molecule has 1 rings (SSSR count). The zero-order valence-electron chi connectivity index (χ0n) is 6.74. The minimum Gasteiger partial charge on any atom is -0.386 e. The zero-order valence-corrected chi connectivity index (χ0v) is 8.32. The van der Waals surface area contributed by atoms with Crippen LogP contribution < -0.4 is 0 Å². The number of hydrogen-bond acceptors (Lipinski definition) is 3. The number of halogens is 1. The van der Waals surface area contributed by atoms with E-state index in [4.69, 9.17) is 0 Å². The molecule has 0 aliphatic heterocycles. The fourth-order valence-corrected chi connectivity index (χ4v) is 1.55. The van der Waals surface area contributed by atoms with Crippen molar-refractivity contribution in [3.05, 3.63) is 23.0 Å². The highest BCUT2D eigenvalue weighted by molar-refractivity contribution is 9.10. The normalized spacial score (nSPS) is 12.9. The fourth-order valence-electron chi connectivity index (χ4n) is 0.962. The van der Waals surface area contributed by atoms with Crippen LogP contribution in [0.5, 0.6) is 0 Å². The number of aryl methyl sites for hydroxylation is 1. The summed E-state index contributed by atoms with van der Waals surface area (Å²) in [5, 5.41) is 17.1. The molecule has 0 aliphatic carbocycles. The third-order valence-corrected chi connectivity index (χ3v) is 2.10. The Morgan fingerprint density at radius 2 is 2.50 bits per heavy atom. The first kappa shape index (κ1) is 9.41. The molecule has 0 radical (unpaired) electrons. The third kappa shape index (κ3) is 1.73. The molecule has 1 N–H and O–H groups in total. The highest BCUT2D eigenvalue weighted by Crippen LogP contribution is 2.22. The van der Waals surface area contributed by atoms with Gasteiger partial charge >= 0.3 is 0 Å². The lowest BCUT2D eigenvalue weighted by Crippen LogP contribution is -2.04. The van der Waals surface area contributed by atoms with Crippen molar-refractivity contribution >= 4 is 15.9 Å². The van der Waals surface area contributed by atoms with Crippen LogP contribution in [0, 0.1) is 0 Å². The van der Waals surface area contributed by atoms with E-state index in [2.05, 4.69) is 32.8 Å². The lowest BCUT2D eigenvalue weighted by molar-refractivity contribution is 0.171. The van der Waals surface area contributed by atoms with Crippen molar-refractivity contribution in [1.29, 1.82) is 0 Å². The van der Waals surface area contributed by atoms with Gasteiger partial charge in [0, 0.05) is 7.05 Å². The number of aromatic nitrogens is 3. The van der Waals surface area contributed by atoms with Crippen molar-refractivity contribution in [3.8, 4) is 0 Å². The van der Waals surface area contributed by atoms with Crippen LogP contribution in [0.15, 0.2) is 17.3 Å². The van der Waals surface area contributed by atoms with E-state index in [0.717, 1.165) is 0 Å². The van der Waals surface area contributed by atoms with Crippen LogP contribution in [0.1, 0.15) is 18.2 Å². The highest BCUT2D eigenvalue weighted by Gasteiger charge is 2.15. The van der Waals surface area contributed by atoms with Gasteiger partial charge in [-0.3, -0.25) is 0 Å². The van der Waals surface area contributed by atoms with Gasteiger partial charge < -0.3 is 5.11 Å². The van der Waals surface area contributed by atoms with Gasteiger partial charge in [0.1, 0.15) is 11.8 Å². The molecule has 5 heteroatoms. The predicted octanol–water partition coefficient (Wildman–Crippen LogP) is 1.19. The SMILES string of the molecule is C=CCC(O)c1c(Br)nnn1C. The van der Waals surface area contributed by atoms with Crippen LogP contribution in [0.3, 0.4) is 0 Å². The molecule has 1 aromatic rings. The van der Waals surface area contributed by atoms with Gasteiger partial charge in [0.2, 0.25) is 0 Å². The third-order valence-electron chi connectivity index (χ3n) is 1.53. The Morgan fingerprint density at radius 1 is 1.83 bits per heavy atom. The maximum absolute atomic E-state index is 9.57. The van der Waals surface area contributed by atoms with Gasteiger partial charge in [0.05, 0.1) is 0 Å². The molecule has 0 bridgehead atoms. The molecule has 0 aliphatic rings. The van der Waals surface area contributed by atoms with E-state index in [1.807, 2.05) is 0 Å². The average molecular weight is 232 g/mol. The lowest BCUT2D eigenvalue weighted by Gasteiger charge is -2.07. The standard InChI is InChI=1S/C7H10BrN3O/c1-3-4-5(12)6-7(8)9-10-11(6)2/h3,5,12H,1,4H2,2H3. The van der Waals surface area contributed by atoms with E-state index < -0.39 is 6.10 Å². The van der Waals surface area contributed by atoms with E-state index in [1.54, 1.807) is 13.1 Å². The number of hydrogen-bond donors (Lipinski definition) is 1. The van der Waals surface area contributed by atoms with Gasteiger partial charge in [-0.25, -0.2) is 4.68 Å². The Hall–Kier alpha value is -0.680. The number of aliphatic hydroxyl groups is 1. The molecule has 0 aromatic carbocycles. The number of nitrogens with zero attached hydrogens (tertiary/aromatic N) is 3. The lowest BCUT2D eigenvalue weighted by atomic mass is 10.2. The molecule has 1 aromatic heterocycles. The van der Waals surface area contributed by atoms with E-state index in [9.17, 15) is 5.11 Å². The van der Waals surface area contributed by atoms with Crippen LogP contribution in [0.25, 0.3) is 0 Å². The Labute approximate surface area is 79.0 Å². The van der Waals surface area contributed by atoms with Crippen molar-refractivity contribution in [2.75, 3.05) is 0 Å². The summed E-state index contributed by atoms with van der Waals surface area (Å²) in [6, 6.07) is 0. The quantitative estimate of drug-likeness (QED) is 0.796. The summed E-state index contributed by atoms with van der Waals surface area (Å²) < 4.78 is 2.12. The Kier molecular flexibility index (Phi) is 2.99. The first-order valence-electron chi connectivity index (χ1n) is 3.51. The zero-order chi connectivity index (χ0) is 9.14. The second kappa shape index (κ2) is 3.82. The van der Waals surface area contributed by atoms with Crippen molar-refractivity contribution < 1.29 is 5.11 Å². The van der Waals surface area contributed by atoms with Crippen molar-refractivity contribution in [1.82, 2.24) is 15.0 Å². The molecule has 0 saturated carbocycles. The minimum absolute atomic E-state index is 0.500. The summed E-state index contributed by atoms with van der Waals surface area (Å²) in [4.78, 5) is 0. The molecule has 0 fully saturated rings. The predicted molar refractivity (Wildman–Crippen MR) is 48.5 cm³/mol. The molecular weight excluding hydrogens is 222 g/mol. The average Bonchev–Trinajstić information content (AvgIpc) is 2.32. The van der Waals surface area contributed by atoms with Gasteiger partial charge in [-0.2, -0.15) is 0 Å². The molecule has 12 heavy (non-hydrogen) atoms. The maximum Gasteiger partial charge on any atom is 0.154 e. The van der Waals surface area contributed by atoms with Crippen molar-refractivity contribution in [2.24, 2.45) is 7.05 Å². The van der Waals surface area contributed by atoms with Gasteiger partial charge in [-0.1, -0.05) is 11.3 Å². The van der Waals surface area contributed by atoms with Crippen LogP contribution in [-0.4, -0.2) is 20.1 Å². The van der Waals surface area contributed by atoms with E-state index in [-0.39, 0.29) is 0 Å². The minimum atomic E-state index is -0.586. The summed E-state index contributed by atoms with van der Waals surface area (Å²) in [5.41, 5.74) is 0.676. The second-order valence-electron chi connectivity index (χ2n) is 2.43. The summed E-state index contributed by atoms with van der Waals surface area (Å²) in [5.74, 6) is 0. The Morgan fingerprint density at radius 3 is 2.92 bits per heavy atom. The largest absolute Gasteiger partial charge is 0.386 e. The molecule has 1 unspecified atom stereocenters. The summed E-state index contributed by atoms with van der Waals surface area (Å²) in [6.07, 6.45) is 1.57. The molecule has 0 amide bonds. The molecule has 1 heterocycles. The van der Waals surface area contributed by atoms with E-state index in [0.29, 0.717) is 16.7 Å². The fraction of sp³-hybridized carbons (Fsp3) is 0.429. The van der Waals surface area contributed by atoms with Gasteiger partial charge in [-0.05, 0) is 22.4 Å². The number of aliphatic hydroxyl groups excluding tert-OH is 1. The van der Waals surface area contributed by atoms with Crippen LogP contribution in [0.2, 0.25) is 0 Å². The molecule has 66 valence electrons. The van der Waals surface area contributed by atoms with Gasteiger partial charge in [0.15, 0.2) is 4.60 Å². The molecule has 0 spiro atoms. The molecule has 4 nitrogen and oxygen atoms in total. The van der Waals surface area contributed by atoms with Crippen molar-refractivity contribution in [2.45, 2.75) is 12.5 Å². The summed E-state index contributed by atoms with van der Waals surface area (Å²) in [6.45, 7) is 3.54. The summed E-state index contributed by atoms with van der Waals surface area (Å²) in [7, 11) is 1.74. The van der Waals surface area contributed by atoms with Crippen LogP contribution in [-0.2, 0) is 7.05 Å². The smallest absolute Gasteiger partial charge is 0.154 e. The van der Waals surface area contributed by atoms with Crippen LogP contribution in [0.4, 0.5) is 0 Å². The highest BCUT2D eigenvalue weighted by atomic mass is 79.9. The monoisotopic (exact) mass is 231 g/mol. The van der Waals surface area contributed by atoms with Crippen molar-refractivity contribution in [3.63, 3.8) is 0 Å². The molecule has 0 saturated heterocycles. The molecule has 1 atom stereocenters. The first-order valence-corrected chi connectivity index (χ1v) is 4.30. The Balaban J connectivity index is 2.92. The number of rotatable bonds is 3. The maximum atomic E-state index is 9.57. The van der Waals surface area contributed by atoms with E-state index >= 15 is 0 Å². The second-order valence-corrected chi connectivity index (χ2v) is 3.18. The topological polar surface area (TPSA) is 50.9 Å². The molecular formula is C7H10BrN3O.